The maximum absolute atomic E-state index is 5.92. The van der Waals surface area contributed by atoms with E-state index in [1.54, 1.807) is 6.20 Å². The summed E-state index contributed by atoms with van der Waals surface area (Å²) in [7, 11) is 0. The highest BCUT2D eigenvalue weighted by atomic mass is 127. The van der Waals surface area contributed by atoms with Crippen molar-refractivity contribution in [3.63, 3.8) is 0 Å². The summed E-state index contributed by atoms with van der Waals surface area (Å²) in [5.74, 6) is 0.785. The fraction of sp³-hybridized carbons (Fsp3) is 0.0667. The van der Waals surface area contributed by atoms with E-state index in [9.17, 15) is 0 Å². The summed E-state index contributed by atoms with van der Waals surface area (Å²) in [5.41, 5.74) is 3.95. The molecule has 0 unspecified atom stereocenters. The lowest BCUT2D eigenvalue weighted by atomic mass is 10.1. The standard InChI is InChI=1S/C15H11ClIN3/c1-9-6-12(10-2-4-11(16)5-3-10)19-13(7-9)15-18-8-14(17)20-15/h2-8H,1H3,(H,18,20). The van der Waals surface area contributed by atoms with Crippen LogP contribution in [0.15, 0.2) is 42.6 Å². The van der Waals surface area contributed by atoms with E-state index >= 15 is 0 Å². The molecule has 2 heterocycles. The zero-order valence-electron chi connectivity index (χ0n) is 10.7. The van der Waals surface area contributed by atoms with Gasteiger partial charge in [0.05, 0.1) is 15.6 Å². The molecule has 0 amide bonds. The van der Waals surface area contributed by atoms with Gasteiger partial charge in [-0.1, -0.05) is 23.7 Å². The Morgan fingerprint density at radius 3 is 2.45 bits per heavy atom. The first-order chi connectivity index (χ1) is 9.61. The van der Waals surface area contributed by atoms with Crippen molar-refractivity contribution in [3.05, 3.63) is 56.9 Å². The van der Waals surface area contributed by atoms with E-state index in [4.69, 9.17) is 11.6 Å². The molecule has 1 N–H and O–H groups in total. The molecule has 0 aliphatic rings. The van der Waals surface area contributed by atoms with E-state index in [0.717, 1.165) is 37.1 Å². The Kier molecular flexibility index (Phi) is 3.76. The minimum absolute atomic E-state index is 0.724. The molecule has 0 fully saturated rings. The van der Waals surface area contributed by atoms with Gasteiger partial charge in [-0.25, -0.2) is 9.97 Å². The van der Waals surface area contributed by atoms with Crippen LogP contribution in [-0.2, 0) is 0 Å². The number of hydrogen-bond acceptors (Lipinski definition) is 2. The second kappa shape index (κ2) is 5.54. The highest BCUT2D eigenvalue weighted by Gasteiger charge is 2.08. The second-order valence-electron chi connectivity index (χ2n) is 4.50. The van der Waals surface area contributed by atoms with Crippen molar-refractivity contribution in [2.75, 3.05) is 0 Å². The third kappa shape index (κ3) is 2.86. The summed E-state index contributed by atoms with van der Waals surface area (Å²) < 4.78 is 0.994. The van der Waals surface area contributed by atoms with Crippen molar-refractivity contribution < 1.29 is 0 Å². The van der Waals surface area contributed by atoms with E-state index in [-0.39, 0.29) is 0 Å². The van der Waals surface area contributed by atoms with Crippen LogP contribution in [0.2, 0.25) is 5.02 Å². The van der Waals surface area contributed by atoms with Crippen LogP contribution in [0, 0.1) is 10.6 Å². The van der Waals surface area contributed by atoms with Gasteiger partial charge >= 0.3 is 0 Å². The summed E-state index contributed by atoms with van der Waals surface area (Å²) in [5, 5.41) is 0.724. The van der Waals surface area contributed by atoms with Crippen LogP contribution in [0.5, 0.6) is 0 Å². The minimum Gasteiger partial charge on any atom is -0.332 e. The predicted octanol–water partition coefficient (Wildman–Crippen LogP) is 4.71. The van der Waals surface area contributed by atoms with Crippen LogP contribution in [0.25, 0.3) is 22.8 Å². The smallest absolute Gasteiger partial charge is 0.156 e. The first-order valence-corrected chi connectivity index (χ1v) is 7.53. The Balaban J connectivity index is 2.09. The van der Waals surface area contributed by atoms with Gasteiger partial charge in [0.1, 0.15) is 5.69 Å². The van der Waals surface area contributed by atoms with Crippen molar-refractivity contribution in [1.29, 1.82) is 0 Å². The summed E-state index contributed by atoms with van der Waals surface area (Å²) in [4.78, 5) is 12.2. The summed E-state index contributed by atoms with van der Waals surface area (Å²) in [6.45, 7) is 2.05. The van der Waals surface area contributed by atoms with Crippen LogP contribution in [0.4, 0.5) is 0 Å². The second-order valence-corrected chi connectivity index (χ2v) is 6.10. The average molecular weight is 396 g/mol. The molecule has 20 heavy (non-hydrogen) atoms. The molecular weight excluding hydrogens is 385 g/mol. The van der Waals surface area contributed by atoms with Gasteiger partial charge in [-0.05, 0) is 59.3 Å². The maximum Gasteiger partial charge on any atom is 0.156 e. The van der Waals surface area contributed by atoms with Crippen LogP contribution in [0.1, 0.15) is 5.56 Å². The van der Waals surface area contributed by atoms with Crippen LogP contribution in [-0.4, -0.2) is 15.0 Å². The predicted molar refractivity (Wildman–Crippen MR) is 89.7 cm³/mol. The third-order valence-corrected chi connectivity index (χ3v) is 3.70. The molecule has 3 rings (SSSR count). The van der Waals surface area contributed by atoms with E-state index in [0.29, 0.717) is 0 Å². The number of rotatable bonds is 2. The lowest BCUT2D eigenvalue weighted by molar-refractivity contribution is 1.20. The number of pyridine rings is 1. The van der Waals surface area contributed by atoms with Crippen LogP contribution >= 0.6 is 34.2 Å². The summed E-state index contributed by atoms with van der Waals surface area (Å²) >= 11 is 8.12. The number of benzene rings is 1. The molecule has 0 bridgehead atoms. The molecule has 0 atom stereocenters. The van der Waals surface area contributed by atoms with Gasteiger partial charge in [0.15, 0.2) is 5.82 Å². The van der Waals surface area contributed by atoms with Crippen molar-refractivity contribution in [2.24, 2.45) is 0 Å². The number of imidazole rings is 1. The summed E-state index contributed by atoms with van der Waals surface area (Å²) in [6, 6.07) is 11.8. The van der Waals surface area contributed by atoms with Gasteiger partial charge in [-0.2, -0.15) is 0 Å². The molecular formula is C15H11ClIN3. The highest BCUT2D eigenvalue weighted by Crippen LogP contribution is 2.24. The minimum atomic E-state index is 0.724. The first kappa shape index (κ1) is 13.6. The van der Waals surface area contributed by atoms with Crippen molar-refractivity contribution in [1.82, 2.24) is 15.0 Å². The number of halogens is 2. The molecule has 0 radical (unpaired) electrons. The van der Waals surface area contributed by atoms with E-state index < -0.39 is 0 Å². The molecule has 0 spiro atoms. The van der Waals surface area contributed by atoms with Gasteiger partial charge in [0.25, 0.3) is 0 Å². The molecule has 5 heteroatoms. The van der Waals surface area contributed by atoms with Crippen LogP contribution in [0.3, 0.4) is 0 Å². The van der Waals surface area contributed by atoms with Gasteiger partial charge in [-0.3, -0.25) is 0 Å². The lowest BCUT2D eigenvalue weighted by Gasteiger charge is -2.05. The monoisotopic (exact) mass is 395 g/mol. The zero-order chi connectivity index (χ0) is 14.1. The fourth-order valence-corrected chi connectivity index (χ4v) is 2.51. The number of aromatic amines is 1. The van der Waals surface area contributed by atoms with E-state index in [1.807, 2.05) is 30.3 Å². The Morgan fingerprint density at radius 1 is 1.10 bits per heavy atom. The summed E-state index contributed by atoms with van der Waals surface area (Å²) in [6.07, 6.45) is 1.79. The largest absolute Gasteiger partial charge is 0.332 e. The number of aromatic nitrogens is 3. The Labute approximate surface area is 135 Å². The average Bonchev–Trinajstić information content (AvgIpc) is 2.85. The topological polar surface area (TPSA) is 41.6 Å². The van der Waals surface area contributed by atoms with E-state index in [2.05, 4.69) is 50.5 Å². The number of nitrogens with zero attached hydrogens (tertiary/aromatic N) is 2. The Hall–Kier alpha value is -1.40. The number of nitrogens with one attached hydrogen (secondary N) is 1. The van der Waals surface area contributed by atoms with E-state index in [1.165, 1.54) is 0 Å². The Morgan fingerprint density at radius 2 is 1.80 bits per heavy atom. The zero-order valence-corrected chi connectivity index (χ0v) is 13.6. The molecule has 100 valence electrons. The van der Waals surface area contributed by atoms with Gasteiger partial charge in [0.2, 0.25) is 0 Å². The number of H-pyrrole nitrogens is 1. The molecule has 2 aromatic heterocycles. The Bertz CT molecular complexity index is 750. The maximum atomic E-state index is 5.92. The van der Waals surface area contributed by atoms with Crippen molar-refractivity contribution in [3.8, 4) is 22.8 Å². The molecule has 0 saturated carbocycles. The third-order valence-electron chi connectivity index (χ3n) is 2.90. The SMILES string of the molecule is Cc1cc(-c2ccc(Cl)cc2)nc(-c2ncc(I)[nH]2)c1. The molecule has 1 aromatic carbocycles. The normalized spacial score (nSPS) is 10.8. The molecule has 0 aliphatic carbocycles. The first-order valence-electron chi connectivity index (χ1n) is 6.07. The van der Waals surface area contributed by atoms with Gasteiger partial charge in [-0.15, -0.1) is 0 Å². The highest BCUT2D eigenvalue weighted by molar-refractivity contribution is 14.1. The fourth-order valence-electron chi connectivity index (χ4n) is 1.99. The van der Waals surface area contributed by atoms with Gasteiger partial charge < -0.3 is 4.98 Å². The number of hydrogen-bond donors (Lipinski definition) is 1. The van der Waals surface area contributed by atoms with Crippen LogP contribution < -0.4 is 0 Å². The molecule has 3 aromatic rings. The van der Waals surface area contributed by atoms with Crippen molar-refractivity contribution >= 4 is 34.2 Å². The lowest BCUT2D eigenvalue weighted by Crippen LogP contribution is -1.91. The van der Waals surface area contributed by atoms with Gasteiger partial charge in [0, 0.05) is 10.6 Å². The number of aryl methyl sites for hydroxylation is 1. The van der Waals surface area contributed by atoms with Crippen molar-refractivity contribution in [2.45, 2.75) is 6.92 Å². The molecule has 0 aliphatic heterocycles. The molecule has 0 saturated heterocycles. The molecule has 3 nitrogen and oxygen atoms in total. The quantitative estimate of drug-likeness (QED) is 0.639.